The summed E-state index contributed by atoms with van der Waals surface area (Å²) in [6, 6.07) is 0.536. The summed E-state index contributed by atoms with van der Waals surface area (Å²) in [6.45, 7) is 1.54. The Kier molecular flexibility index (Phi) is 3.23. The largest absolute Gasteiger partial charge is 0.386 e. The highest BCUT2D eigenvalue weighted by atomic mass is 16.5. The minimum Gasteiger partial charge on any atom is -0.386 e. The maximum absolute atomic E-state index is 11.3. The first-order chi connectivity index (χ1) is 7.18. The third kappa shape index (κ3) is 3.44. The van der Waals surface area contributed by atoms with Crippen molar-refractivity contribution in [2.45, 2.75) is 30.9 Å². The van der Waals surface area contributed by atoms with E-state index in [1.54, 1.807) is 0 Å². The van der Waals surface area contributed by atoms with Gasteiger partial charge in [-0.1, -0.05) is 0 Å². The highest BCUT2D eigenvalue weighted by Crippen LogP contribution is 2.18. The van der Waals surface area contributed by atoms with Gasteiger partial charge in [-0.15, -0.1) is 0 Å². The monoisotopic (exact) mass is 214 g/mol. The molecule has 1 atom stereocenters. The van der Waals surface area contributed by atoms with Gasteiger partial charge in [0.15, 0.2) is 0 Å². The van der Waals surface area contributed by atoms with E-state index in [2.05, 4.69) is 10.6 Å². The summed E-state index contributed by atoms with van der Waals surface area (Å²) >= 11 is 0. The van der Waals surface area contributed by atoms with E-state index in [4.69, 9.17) is 4.74 Å². The molecule has 1 saturated carbocycles. The van der Waals surface area contributed by atoms with Crippen molar-refractivity contribution in [3.63, 3.8) is 0 Å². The predicted octanol–water partition coefficient (Wildman–Crippen LogP) is -0.994. The van der Waals surface area contributed by atoms with Crippen LogP contribution in [-0.4, -0.2) is 49.0 Å². The summed E-state index contributed by atoms with van der Waals surface area (Å²) in [5, 5.41) is 15.7. The Morgan fingerprint density at radius 2 is 2.33 bits per heavy atom. The fraction of sp³-hybridized carbons (Fsp3) is 0.900. The lowest BCUT2D eigenvalue weighted by atomic mass is 10.0. The topological polar surface area (TPSA) is 70.6 Å². The molecule has 0 spiro atoms. The zero-order valence-electron chi connectivity index (χ0n) is 8.79. The van der Waals surface area contributed by atoms with Gasteiger partial charge in [0.2, 0.25) is 5.91 Å². The molecule has 0 aromatic rings. The van der Waals surface area contributed by atoms with Gasteiger partial charge in [0.25, 0.3) is 0 Å². The van der Waals surface area contributed by atoms with Gasteiger partial charge >= 0.3 is 0 Å². The summed E-state index contributed by atoms with van der Waals surface area (Å²) in [6.07, 6.45) is 2.94. The molecule has 5 heteroatoms. The number of carbonyl (C=O) groups excluding carboxylic acids is 1. The minimum atomic E-state index is -0.852. The first-order valence-electron chi connectivity index (χ1n) is 5.48. The van der Waals surface area contributed by atoms with Gasteiger partial charge in [0.05, 0.1) is 13.2 Å². The van der Waals surface area contributed by atoms with Crippen LogP contribution in [0, 0.1) is 0 Å². The smallest absolute Gasteiger partial charge is 0.234 e. The molecule has 0 bridgehead atoms. The molecule has 0 aromatic carbocycles. The molecule has 1 aliphatic heterocycles. The normalized spacial score (nSPS) is 30.5. The van der Waals surface area contributed by atoms with Gasteiger partial charge in [0.1, 0.15) is 5.60 Å². The van der Waals surface area contributed by atoms with Crippen LogP contribution in [0.2, 0.25) is 0 Å². The fourth-order valence-electron chi connectivity index (χ4n) is 1.59. The lowest BCUT2D eigenvalue weighted by Gasteiger charge is -2.20. The van der Waals surface area contributed by atoms with Crippen LogP contribution in [0.3, 0.4) is 0 Å². The van der Waals surface area contributed by atoms with Crippen LogP contribution >= 0.6 is 0 Å². The number of aliphatic hydroxyl groups is 1. The van der Waals surface area contributed by atoms with Gasteiger partial charge in [-0.2, -0.15) is 0 Å². The first-order valence-corrected chi connectivity index (χ1v) is 5.48. The molecule has 3 N–H and O–H groups in total. The van der Waals surface area contributed by atoms with Crippen LogP contribution in [0.25, 0.3) is 0 Å². The lowest BCUT2D eigenvalue weighted by Crippen LogP contribution is -2.45. The Hall–Kier alpha value is -0.650. The van der Waals surface area contributed by atoms with E-state index in [1.807, 2.05) is 0 Å². The molecular weight excluding hydrogens is 196 g/mol. The lowest BCUT2D eigenvalue weighted by molar-refractivity contribution is -0.121. The van der Waals surface area contributed by atoms with Gasteiger partial charge in [0, 0.05) is 25.6 Å². The molecule has 0 aromatic heterocycles. The van der Waals surface area contributed by atoms with E-state index in [0.717, 1.165) is 0 Å². The third-order valence-electron chi connectivity index (χ3n) is 2.83. The van der Waals surface area contributed by atoms with Crippen molar-refractivity contribution in [3.05, 3.63) is 0 Å². The number of amides is 1. The van der Waals surface area contributed by atoms with Crippen LogP contribution < -0.4 is 10.6 Å². The zero-order chi connectivity index (χ0) is 10.7. The molecule has 0 radical (unpaired) electrons. The molecule has 1 saturated heterocycles. The SMILES string of the molecule is O=C(CNC1CC1)NCC1(O)CCOC1. The molecule has 1 aliphatic carbocycles. The van der Waals surface area contributed by atoms with Gasteiger partial charge < -0.3 is 20.5 Å². The Labute approximate surface area is 89.2 Å². The second-order valence-corrected chi connectivity index (χ2v) is 4.46. The van der Waals surface area contributed by atoms with E-state index in [9.17, 15) is 9.90 Å². The molecule has 2 fully saturated rings. The number of ether oxygens (including phenoxy) is 1. The van der Waals surface area contributed by atoms with Crippen molar-refractivity contribution < 1.29 is 14.6 Å². The van der Waals surface area contributed by atoms with Crippen molar-refractivity contribution >= 4 is 5.91 Å². The average Bonchev–Trinajstić information content (AvgIpc) is 2.95. The van der Waals surface area contributed by atoms with Crippen LogP contribution in [-0.2, 0) is 9.53 Å². The summed E-state index contributed by atoms with van der Waals surface area (Å²) in [5.74, 6) is -0.0535. The number of carbonyl (C=O) groups is 1. The van der Waals surface area contributed by atoms with Gasteiger partial charge in [-0.3, -0.25) is 4.79 Å². The molecular formula is C10H18N2O3. The van der Waals surface area contributed by atoms with Crippen molar-refractivity contribution in [2.75, 3.05) is 26.3 Å². The number of rotatable bonds is 5. The van der Waals surface area contributed by atoms with Crippen LogP contribution in [0.4, 0.5) is 0 Å². The number of nitrogens with one attached hydrogen (secondary N) is 2. The predicted molar refractivity (Wildman–Crippen MR) is 54.4 cm³/mol. The summed E-state index contributed by atoms with van der Waals surface area (Å²) in [7, 11) is 0. The summed E-state index contributed by atoms with van der Waals surface area (Å²) in [5.41, 5.74) is -0.852. The summed E-state index contributed by atoms with van der Waals surface area (Å²) in [4.78, 5) is 11.3. The average molecular weight is 214 g/mol. The van der Waals surface area contributed by atoms with Crippen molar-refractivity contribution in [1.82, 2.24) is 10.6 Å². The fourth-order valence-corrected chi connectivity index (χ4v) is 1.59. The molecule has 1 unspecified atom stereocenters. The highest BCUT2D eigenvalue weighted by molar-refractivity contribution is 5.78. The zero-order valence-corrected chi connectivity index (χ0v) is 8.79. The Morgan fingerprint density at radius 1 is 1.53 bits per heavy atom. The Morgan fingerprint density at radius 3 is 2.93 bits per heavy atom. The molecule has 2 rings (SSSR count). The Bertz CT molecular complexity index is 235. The van der Waals surface area contributed by atoms with E-state index < -0.39 is 5.60 Å². The van der Waals surface area contributed by atoms with Crippen molar-refractivity contribution in [3.8, 4) is 0 Å². The number of hydrogen-bond acceptors (Lipinski definition) is 4. The minimum absolute atomic E-state index is 0.0535. The Balaban J connectivity index is 1.60. The molecule has 15 heavy (non-hydrogen) atoms. The third-order valence-corrected chi connectivity index (χ3v) is 2.83. The van der Waals surface area contributed by atoms with E-state index in [-0.39, 0.29) is 12.5 Å². The van der Waals surface area contributed by atoms with Crippen LogP contribution in [0.5, 0.6) is 0 Å². The second kappa shape index (κ2) is 4.47. The molecule has 1 heterocycles. The molecule has 86 valence electrons. The first kappa shape index (κ1) is 10.9. The van der Waals surface area contributed by atoms with Crippen LogP contribution in [0.1, 0.15) is 19.3 Å². The van der Waals surface area contributed by atoms with Crippen molar-refractivity contribution in [1.29, 1.82) is 0 Å². The van der Waals surface area contributed by atoms with E-state index in [0.29, 0.717) is 32.2 Å². The quantitative estimate of drug-likeness (QED) is 0.549. The summed E-state index contributed by atoms with van der Waals surface area (Å²) < 4.78 is 5.08. The van der Waals surface area contributed by atoms with Gasteiger partial charge in [-0.25, -0.2) is 0 Å². The number of hydrogen-bond donors (Lipinski definition) is 3. The molecule has 1 amide bonds. The molecule has 5 nitrogen and oxygen atoms in total. The standard InChI is InChI=1S/C10H18N2O3/c13-9(5-11-8-1-2-8)12-6-10(14)3-4-15-7-10/h8,11,14H,1-7H2,(H,12,13). The van der Waals surface area contributed by atoms with Gasteiger partial charge in [-0.05, 0) is 12.8 Å². The maximum atomic E-state index is 11.3. The van der Waals surface area contributed by atoms with E-state index in [1.165, 1.54) is 12.8 Å². The van der Waals surface area contributed by atoms with Crippen LogP contribution in [0.15, 0.2) is 0 Å². The second-order valence-electron chi connectivity index (χ2n) is 4.46. The molecule has 2 aliphatic rings. The van der Waals surface area contributed by atoms with E-state index >= 15 is 0 Å². The maximum Gasteiger partial charge on any atom is 0.234 e. The van der Waals surface area contributed by atoms with Crippen molar-refractivity contribution in [2.24, 2.45) is 0 Å². The highest BCUT2D eigenvalue weighted by Gasteiger charge is 2.32.